The maximum Gasteiger partial charge on any atom is 0.313 e. The third-order valence-electron chi connectivity index (χ3n) is 2.21. The van der Waals surface area contributed by atoms with E-state index in [-0.39, 0.29) is 13.2 Å². The van der Waals surface area contributed by atoms with E-state index < -0.39 is 17.4 Å². The van der Waals surface area contributed by atoms with Crippen LogP contribution in [0.5, 0.6) is 0 Å². The largest absolute Gasteiger partial charge is 0.386 e. The van der Waals surface area contributed by atoms with E-state index >= 15 is 0 Å². The van der Waals surface area contributed by atoms with Gasteiger partial charge in [-0.05, 0) is 19.1 Å². The van der Waals surface area contributed by atoms with Crippen LogP contribution in [0.25, 0.3) is 0 Å². The fraction of sp³-hybridized carbons (Fsp3) is 0.417. The SMILES string of the molecule is COC[C@@](C)(O)CNC(=O)C(=O)Nc1cccnc1. The second-order valence-corrected chi connectivity index (χ2v) is 4.31. The van der Waals surface area contributed by atoms with Gasteiger partial charge in [-0.15, -0.1) is 0 Å². The molecule has 0 radical (unpaired) electrons. The van der Waals surface area contributed by atoms with Crippen LogP contribution in [0.2, 0.25) is 0 Å². The van der Waals surface area contributed by atoms with Crippen molar-refractivity contribution in [2.75, 3.05) is 25.6 Å². The van der Waals surface area contributed by atoms with Crippen molar-refractivity contribution >= 4 is 17.5 Å². The molecule has 104 valence electrons. The van der Waals surface area contributed by atoms with Gasteiger partial charge in [0.25, 0.3) is 0 Å². The summed E-state index contributed by atoms with van der Waals surface area (Å²) in [6.45, 7) is 1.47. The summed E-state index contributed by atoms with van der Waals surface area (Å²) in [4.78, 5) is 26.8. The van der Waals surface area contributed by atoms with Gasteiger partial charge in [-0.1, -0.05) is 0 Å². The Morgan fingerprint density at radius 3 is 2.79 bits per heavy atom. The van der Waals surface area contributed by atoms with Gasteiger partial charge in [-0.3, -0.25) is 14.6 Å². The average Bonchev–Trinajstić information content (AvgIpc) is 2.37. The highest BCUT2D eigenvalue weighted by molar-refractivity contribution is 6.39. The lowest BCUT2D eigenvalue weighted by molar-refractivity contribution is -0.137. The molecule has 0 saturated carbocycles. The number of carbonyl (C=O) groups excluding carboxylic acids is 2. The summed E-state index contributed by atoms with van der Waals surface area (Å²) < 4.78 is 4.78. The van der Waals surface area contributed by atoms with E-state index in [4.69, 9.17) is 4.74 Å². The molecule has 2 amide bonds. The van der Waals surface area contributed by atoms with E-state index in [1.54, 1.807) is 18.3 Å². The van der Waals surface area contributed by atoms with Crippen LogP contribution >= 0.6 is 0 Å². The van der Waals surface area contributed by atoms with Gasteiger partial charge in [-0.25, -0.2) is 0 Å². The smallest absolute Gasteiger partial charge is 0.313 e. The van der Waals surface area contributed by atoms with Crippen molar-refractivity contribution in [3.05, 3.63) is 24.5 Å². The number of aliphatic hydroxyl groups is 1. The first-order valence-corrected chi connectivity index (χ1v) is 5.65. The summed E-state index contributed by atoms with van der Waals surface area (Å²) in [5.74, 6) is -1.65. The summed E-state index contributed by atoms with van der Waals surface area (Å²) in [6.07, 6.45) is 2.98. The molecule has 0 aliphatic rings. The van der Waals surface area contributed by atoms with E-state index in [9.17, 15) is 14.7 Å². The zero-order chi connectivity index (χ0) is 14.3. The highest BCUT2D eigenvalue weighted by Gasteiger charge is 2.23. The minimum atomic E-state index is -1.22. The van der Waals surface area contributed by atoms with Gasteiger partial charge in [0.2, 0.25) is 0 Å². The number of pyridine rings is 1. The molecule has 1 rings (SSSR count). The zero-order valence-electron chi connectivity index (χ0n) is 10.8. The number of amides is 2. The summed E-state index contributed by atoms with van der Waals surface area (Å²) in [6, 6.07) is 3.25. The molecule has 0 saturated heterocycles. The molecule has 0 aliphatic carbocycles. The second kappa shape index (κ2) is 6.81. The first kappa shape index (κ1) is 15.1. The molecule has 7 nitrogen and oxygen atoms in total. The predicted molar refractivity (Wildman–Crippen MR) is 68.4 cm³/mol. The average molecular weight is 267 g/mol. The van der Waals surface area contributed by atoms with Gasteiger partial charge < -0.3 is 20.5 Å². The number of methoxy groups -OCH3 is 1. The van der Waals surface area contributed by atoms with Crippen molar-refractivity contribution in [3.8, 4) is 0 Å². The molecule has 1 aromatic rings. The monoisotopic (exact) mass is 267 g/mol. The normalized spacial score (nSPS) is 13.4. The number of nitrogens with zero attached hydrogens (tertiary/aromatic N) is 1. The number of hydrogen-bond acceptors (Lipinski definition) is 5. The Labute approximate surface area is 111 Å². The molecule has 3 N–H and O–H groups in total. The van der Waals surface area contributed by atoms with Gasteiger partial charge in [-0.2, -0.15) is 0 Å². The molecular weight excluding hydrogens is 250 g/mol. The Morgan fingerprint density at radius 1 is 1.47 bits per heavy atom. The minimum absolute atomic E-state index is 0.0531. The lowest BCUT2D eigenvalue weighted by Crippen LogP contribution is -2.46. The van der Waals surface area contributed by atoms with Crippen LogP contribution in [-0.2, 0) is 14.3 Å². The summed E-state index contributed by atoms with van der Waals surface area (Å²) in [5, 5.41) is 14.5. The van der Waals surface area contributed by atoms with Crippen LogP contribution in [0.15, 0.2) is 24.5 Å². The number of ether oxygens (including phenoxy) is 1. The summed E-state index contributed by atoms with van der Waals surface area (Å²) in [7, 11) is 1.44. The van der Waals surface area contributed by atoms with Gasteiger partial charge in [0.05, 0.1) is 18.5 Å². The zero-order valence-corrected chi connectivity index (χ0v) is 10.8. The Hall–Kier alpha value is -1.99. The third kappa shape index (κ3) is 5.45. The van der Waals surface area contributed by atoms with Crippen molar-refractivity contribution < 1.29 is 19.4 Å². The lowest BCUT2D eigenvalue weighted by Gasteiger charge is -2.22. The van der Waals surface area contributed by atoms with Crippen LogP contribution < -0.4 is 10.6 Å². The molecule has 0 bridgehead atoms. The van der Waals surface area contributed by atoms with Crippen molar-refractivity contribution in [2.24, 2.45) is 0 Å². The fourth-order valence-electron chi connectivity index (χ4n) is 1.34. The molecule has 0 unspecified atom stereocenters. The van der Waals surface area contributed by atoms with Gasteiger partial charge >= 0.3 is 11.8 Å². The van der Waals surface area contributed by atoms with Crippen molar-refractivity contribution in [1.82, 2.24) is 10.3 Å². The molecule has 0 aliphatic heterocycles. The van der Waals surface area contributed by atoms with E-state index in [2.05, 4.69) is 15.6 Å². The van der Waals surface area contributed by atoms with Crippen LogP contribution in [0, 0.1) is 0 Å². The molecule has 7 heteroatoms. The van der Waals surface area contributed by atoms with Gasteiger partial charge in [0, 0.05) is 19.9 Å². The van der Waals surface area contributed by atoms with E-state index in [0.717, 1.165) is 0 Å². The maximum atomic E-state index is 11.5. The Balaban J connectivity index is 2.44. The van der Waals surface area contributed by atoms with E-state index in [1.165, 1.54) is 20.2 Å². The van der Waals surface area contributed by atoms with Gasteiger partial charge in [0.1, 0.15) is 5.60 Å². The van der Waals surface area contributed by atoms with Crippen LogP contribution in [0.4, 0.5) is 5.69 Å². The van der Waals surface area contributed by atoms with Crippen LogP contribution in [-0.4, -0.2) is 47.8 Å². The third-order valence-corrected chi connectivity index (χ3v) is 2.21. The second-order valence-electron chi connectivity index (χ2n) is 4.31. The number of aromatic nitrogens is 1. The molecule has 0 aromatic carbocycles. The quantitative estimate of drug-likeness (QED) is 0.626. The summed E-state index contributed by atoms with van der Waals surface area (Å²) in [5.41, 5.74) is -0.801. The lowest BCUT2D eigenvalue weighted by atomic mass is 10.1. The number of carbonyl (C=O) groups is 2. The number of rotatable bonds is 5. The molecule has 1 atom stereocenters. The fourth-order valence-corrected chi connectivity index (χ4v) is 1.34. The molecule has 19 heavy (non-hydrogen) atoms. The molecule has 0 fully saturated rings. The van der Waals surface area contributed by atoms with E-state index in [0.29, 0.717) is 5.69 Å². The molecule has 1 heterocycles. The van der Waals surface area contributed by atoms with Gasteiger partial charge in [0.15, 0.2) is 0 Å². The van der Waals surface area contributed by atoms with Crippen molar-refractivity contribution in [1.29, 1.82) is 0 Å². The Morgan fingerprint density at radius 2 is 2.21 bits per heavy atom. The molecular formula is C12H17N3O4. The Kier molecular flexibility index (Phi) is 5.40. The predicted octanol–water partition coefficient (Wildman–Crippen LogP) is -0.466. The molecule has 1 aromatic heterocycles. The highest BCUT2D eigenvalue weighted by Crippen LogP contribution is 2.03. The minimum Gasteiger partial charge on any atom is -0.386 e. The van der Waals surface area contributed by atoms with Crippen LogP contribution in [0.3, 0.4) is 0 Å². The number of nitrogens with one attached hydrogen (secondary N) is 2. The topological polar surface area (TPSA) is 101 Å². The van der Waals surface area contributed by atoms with E-state index in [1.807, 2.05) is 0 Å². The first-order chi connectivity index (χ1) is 8.94. The maximum absolute atomic E-state index is 11.5. The van der Waals surface area contributed by atoms with Crippen molar-refractivity contribution in [2.45, 2.75) is 12.5 Å². The Bertz CT molecular complexity index is 434. The number of hydrogen-bond donors (Lipinski definition) is 3. The van der Waals surface area contributed by atoms with Crippen LogP contribution in [0.1, 0.15) is 6.92 Å². The molecule has 0 spiro atoms. The standard InChI is InChI=1S/C12H17N3O4/c1-12(18,8-19-2)7-14-10(16)11(17)15-9-4-3-5-13-6-9/h3-6,18H,7-8H2,1-2H3,(H,14,16)(H,15,17)/t12-/m0/s1. The first-order valence-electron chi connectivity index (χ1n) is 5.65. The van der Waals surface area contributed by atoms with Crippen molar-refractivity contribution in [3.63, 3.8) is 0 Å². The highest BCUT2D eigenvalue weighted by atomic mass is 16.5. The summed E-state index contributed by atoms with van der Waals surface area (Å²) >= 11 is 0. The number of anilines is 1.